The summed E-state index contributed by atoms with van der Waals surface area (Å²) in [6, 6.07) is 4.79. The summed E-state index contributed by atoms with van der Waals surface area (Å²) in [4.78, 5) is 63.7. The highest BCUT2D eigenvalue weighted by molar-refractivity contribution is 8.00. The number of carbonyl (C=O) groups is 5. The first-order chi connectivity index (χ1) is 24.3. The average Bonchev–Trinajstić information content (AvgIpc) is 3.38. The Morgan fingerprint density at radius 2 is 1.46 bits per heavy atom. The van der Waals surface area contributed by atoms with E-state index >= 15 is 0 Å². The molecule has 10 nitrogen and oxygen atoms in total. The fraction of sp³-hybridized carbons (Fsp3) is 0.410. The molecule has 2 atom stereocenters. The second kappa shape index (κ2) is 25.3. The summed E-state index contributed by atoms with van der Waals surface area (Å²) in [5.74, 6) is -2.61. The molecule has 3 N–H and O–H groups in total. The number of likely N-dealkylation sites (tertiary alicyclic amines) is 1. The summed E-state index contributed by atoms with van der Waals surface area (Å²) in [5.41, 5.74) is -0.0101. The van der Waals surface area contributed by atoms with Crippen molar-refractivity contribution in [2.24, 2.45) is 0 Å². The van der Waals surface area contributed by atoms with Gasteiger partial charge >= 0.3 is 5.97 Å². The van der Waals surface area contributed by atoms with Gasteiger partial charge in [0.05, 0.1) is 17.9 Å². The van der Waals surface area contributed by atoms with Crippen molar-refractivity contribution in [1.29, 1.82) is 0 Å². The van der Waals surface area contributed by atoms with Gasteiger partial charge in [0.15, 0.2) is 0 Å². The van der Waals surface area contributed by atoms with E-state index in [1.807, 2.05) is 12.2 Å². The van der Waals surface area contributed by atoms with Gasteiger partial charge in [-0.25, -0.2) is 4.79 Å². The lowest BCUT2D eigenvalue weighted by Crippen LogP contribution is -2.44. The van der Waals surface area contributed by atoms with Crippen LogP contribution in [-0.4, -0.2) is 76.8 Å². The molecule has 0 saturated carbocycles. The third-order valence-electron chi connectivity index (χ3n) is 7.40. The van der Waals surface area contributed by atoms with E-state index in [1.54, 1.807) is 12.1 Å². The Morgan fingerprint density at radius 3 is 2.02 bits per heavy atom. The van der Waals surface area contributed by atoms with Crippen LogP contribution in [0, 0.1) is 0 Å². The fourth-order valence-corrected chi connectivity index (χ4v) is 5.87. The predicted molar refractivity (Wildman–Crippen MR) is 199 cm³/mol. The van der Waals surface area contributed by atoms with Gasteiger partial charge in [-0.15, -0.1) is 11.8 Å². The molecular formula is C39H51N3O7S. The lowest BCUT2D eigenvalue weighted by Gasteiger charge is -2.18. The number of imide groups is 1. The zero-order valence-electron chi connectivity index (χ0n) is 29.1. The minimum atomic E-state index is -1.10. The number of ether oxygens (including phenoxy) is 1. The van der Waals surface area contributed by atoms with Gasteiger partial charge in [-0.1, -0.05) is 92.0 Å². The maximum Gasteiger partial charge on any atom is 0.329 e. The largest absolute Gasteiger partial charge is 0.507 e. The average molecular weight is 706 g/mol. The molecule has 1 heterocycles. The molecule has 1 unspecified atom stereocenters. The van der Waals surface area contributed by atoms with Crippen molar-refractivity contribution in [3.05, 3.63) is 103 Å². The summed E-state index contributed by atoms with van der Waals surface area (Å²) in [5, 5.41) is 14.5. The molecule has 0 bridgehead atoms. The molecule has 0 radical (unpaired) electrons. The first-order valence-electron chi connectivity index (χ1n) is 17.1. The minimum Gasteiger partial charge on any atom is -0.507 e. The Labute approximate surface area is 300 Å². The van der Waals surface area contributed by atoms with Crippen molar-refractivity contribution < 1.29 is 33.8 Å². The Morgan fingerprint density at radius 1 is 0.900 bits per heavy atom. The van der Waals surface area contributed by atoms with Gasteiger partial charge in [0.2, 0.25) is 17.7 Å². The Kier molecular flexibility index (Phi) is 21.1. The molecular weight excluding hydrogens is 655 g/mol. The van der Waals surface area contributed by atoms with Gasteiger partial charge in [0.25, 0.3) is 5.91 Å². The van der Waals surface area contributed by atoms with Crippen molar-refractivity contribution in [2.75, 3.05) is 26.0 Å². The van der Waals surface area contributed by atoms with Crippen LogP contribution in [-0.2, 0) is 23.9 Å². The SMILES string of the molecule is CCC=CCC=CCC=CCC=CCC=CCC=CCCC(=O)NCCN1C(=O)CC(SC[C@H](NC(=O)c2ccccc2O)C(=O)OC)C1=O. The zero-order valence-corrected chi connectivity index (χ0v) is 29.9. The number of methoxy groups -OCH3 is 1. The normalized spacial score (nSPS) is 15.9. The van der Waals surface area contributed by atoms with Crippen LogP contribution >= 0.6 is 11.8 Å². The summed E-state index contributed by atoms with van der Waals surface area (Å²) in [7, 11) is 1.18. The third kappa shape index (κ3) is 16.6. The first kappa shape index (κ1) is 41.5. The van der Waals surface area contributed by atoms with Gasteiger partial charge in [-0.3, -0.25) is 24.1 Å². The van der Waals surface area contributed by atoms with E-state index in [2.05, 4.69) is 78.3 Å². The van der Waals surface area contributed by atoms with Crippen LogP contribution in [0.2, 0.25) is 0 Å². The number of hydrogen-bond donors (Lipinski definition) is 3. The number of hydrogen-bond acceptors (Lipinski definition) is 8. The number of benzene rings is 1. The molecule has 1 saturated heterocycles. The number of aromatic hydroxyl groups is 1. The van der Waals surface area contributed by atoms with E-state index in [0.717, 1.165) is 55.2 Å². The van der Waals surface area contributed by atoms with E-state index < -0.39 is 29.1 Å². The van der Waals surface area contributed by atoms with Gasteiger partial charge < -0.3 is 20.5 Å². The van der Waals surface area contributed by atoms with E-state index in [-0.39, 0.29) is 48.4 Å². The molecule has 0 aromatic heterocycles. The van der Waals surface area contributed by atoms with E-state index in [4.69, 9.17) is 4.74 Å². The van der Waals surface area contributed by atoms with Gasteiger partial charge in [-0.05, 0) is 57.1 Å². The topological polar surface area (TPSA) is 142 Å². The second-order valence-corrected chi connectivity index (χ2v) is 12.5. The molecule has 1 aliphatic rings. The maximum atomic E-state index is 12.9. The zero-order chi connectivity index (χ0) is 36.4. The van der Waals surface area contributed by atoms with E-state index in [9.17, 15) is 29.1 Å². The number of para-hydroxylation sites is 1. The summed E-state index contributed by atoms with van der Waals surface area (Å²) >= 11 is 1.06. The van der Waals surface area contributed by atoms with Crippen molar-refractivity contribution in [1.82, 2.24) is 15.5 Å². The monoisotopic (exact) mass is 705 g/mol. The number of allylic oxidation sites excluding steroid dienone is 12. The number of phenolic OH excluding ortho intramolecular Hbond substituents is 1. The van der Waals surface area contributed by atoms with Crippen molar-refractivity contribution >= 4 is 41.4 Å². The van der Waals surface area contributed by atoms with Crippen LogP contribution in [0.25, 0.3) is 0 Å². The van der Waals surface area contributed by atoms with Gasteiger partial charge in [-0.2, -0.15) is 0 Å². The third-order valence-corrected chi connectivity index (χ3v) is 8.69. The first-order valence-corrected chi connectivity index (χ1v) is 18.1. The molecule has 0 aliphatic carbocycles. The van der Waals surface area contributed by atoms with Gasteiger partial charge in [0.1, 0.15) is 11.8 Å². The molecule has 2 rings (SSSR count). The molecule has 1 aromatic rings. The van der Waals surface area contributed by atoms with Gasteiger partial charge in [0, 0.05) is 31.7 Å². The molecule has 0 spiro atoms. The highest BCUT2D eigenvalue weighted by atomic mass is 32.2. The Bertz CT molecular complexity index is 1430. The second-order valence-electron chi connectivity index (χ2n) is 11.3. The maximum absolute atomic E-state index is 12.9. The number of phenols is 1. The highest BCUT2D eigenvalue weighted by Crippen LogP contribution is 2.26. The van der Waals surface area contributed by atoms with E-state index in [0.29, 0.717) is 12.8 Å². The number of amides is 4. The summed E-state index contributed by atoms with van der Waals surface area (Å²) in [6.07, 6.45) is 32.0. The summed E-state index contributed by atoms with van der Waals surface area (Å²) in [6.45, 7) is 2.32. The molecule has 1 aliphatic heterocycles. The van der Waals surface area contributed by atoms with Crippen molar-refractivity contribution in [3.8, 4) is 5.75 Å². The standard InChI is InChI=1S/C39H51N3O7S/c1-3-4-5-6-7-8-9-10-11-12-13-14-15-16-17-18-19-20-21-26-35(44)40-27-28-42-36(45)29-34(38(42)47)50-30-32(39(48)49-2)41-37(46)31-24-22-23-25-33(31)43/h4-5,7-8,10-11,13-14,16-17,19-20,22-25,32,34,43H,3,6,9,12,15,18,21,26-30H2,1-2H3,(H,40,44)(H,41,46)/t32-,34?/m0/s1. The quantitative estimate of drug-likeness (QED) is 0.0703. The lowest BCUT2D eigenvalue weighted by molar-refractivity contribution is -0.142. The number of rotatable bonds is 23. The van der Waals surface area contributed by atoms with Crippen LogP contribution in [0.15, 0.2) is 97.2 Å². The van der Waals surface area contributed by atoms with Crippen LogP contribution in [0.5, 0.6) is 5.75 Å². The van der Waals surface area contributed by atoms with Crippen LogP contribution in [0.4, 0.5) is 0 Å². The fourth-order valence-electron chi connectivity index (χ4n) is 4.69. The van der Waals surface area contributed by atoms with E-state index in [1.165, 1.54) is 19.2 Å². The molecule has 50 heavy (non-hydrogen) atoms. The van der Waals surface area contributed by atoms with Crippen LogP contribution in [0.3, 0.4) is 0 Å². The smallest absolute Gasteiger partial charge is 0.329 e. The van der Waals surface area contributed by atoms with Crippen molar-refractivity contribution in [3.63, 3.8) is 0 Å². The molecule has 4 amide bonds. The Hall–Kier alpha value is -4.64. The highest BCUT2D eigenvalue weighted by Gasteiger charge is 2.39. The Balaban J connectivity index is 1.60. The molecule has 11 heteroatoms. The minimum absolute atomic E-state index is 0.0101. The number of nitrogens with zero attached hydrogens (tertiary/aromatic N) is 1. The number of thioether (sulfide) groups is 1. The number of nitrogens with one attached hydrogen (secondary N) is 2. The molecule has 270 valence electrons. The number of carbonyl (C=O) groups excluding carboxylic acids is 5. The molecule has 1 fully saturated rings. The predicted octanol–water partition coefficient (Wildman–Crippen LogP) is 6.12. The van der Waals surface area contributed by atoms with Crippen LogP contribution in [0.1, 0.15) is 75.1 Å². The van der Waals surface area contributed by atoms with Crippen molar-refractivity contribution in [2.45, 2.75) is 76.0 Å². The lowest BCUT2D eigenvalue weighted by atomic mass is 10.2. The van der Waals surface area contributed by atoms with Crippen LogP contribution < -0.4 is 10.6 Å². The molecule has 1 aromatic carbocycles. The number of esters is 1. The summed E-state index contributed by atoms with van der Waals surface area (Å²) < 4.78 is 4.78.